The van der Waals surface area contributed by atoms with E-state index >= 15 is 0 Å². The Morgan fingerprint density at radius 1 is 1.57 bits per heavy atom. The quantitative estimate of drug-likeness (QED) is 0.192. The van der Waals surface area contributed by atoms with Gasteiger partial charge in [0.1, 0.15) is 0 Å². The van der Waals surface area contributed by atoms with Crippen molar-refractivity contribution in [1.29, 1.82) is 0 Å². The molecule has 0 aromatic carbocycles. The number of carbonyl (C=O) groups excluding carboxylic acids is 1. The van der Waals surface area contributed by atoms with Crippen molar-refractivity contribution in [2.75, 3.05) is 20.1 Å². The first-order valence-electron chi connectivity index (χ1n) is 4.70. The molecule has 0 bridgehead atoms. The molecule has 0 aliphatic carbocycles. The molecule has 0 aliphatic heterocycles. The van der Waals surface area contributed by atoms with E-state index in [1.165, 1.54) is 0 Å². The summed E-state index contributed by atoms with van der Waals surface area (Å²) in [5.41, 5.74) is 8.08. The highest BCUT2D eigenvalue weighted by Crippen LogP contribution is 1.97. The summed E-state index contributed by atoms with van der Waals surface area (Å²) in [7, 11) is 2.01. The van der Waals surface area contributed by atoms with Gasteiger partial charge in [-0.1, -0.05) is 6.08 Å². The summed E-state index contributed by atoms with van der Waals surface area (Å²) < 4.78 is 0. The molecule has 0 aromatic rings. The van der Waals surface area contributed by atoms with Gasteiger partial charge in [0.05, 0.1) is 0 Å². The van der Waals surface area contributed by atoms with Crippen LogP contribution in [-0.2, 0) is 4.79 Å². The maximum Gasteiger partial charge on any atom is 0.323 e. The number of ketones is 1. The highest BCUT2D eigenvalue weighted by atomic mass is 16.1. The summed E-state index contributed by atoms with van der Waals surface area (Å²) in [6, 6.07) is 0. The Bertz CT molecular complexity index is 232. The standard InChI is InChI=1S/C10H17N3O/c1-3-7-13(2)8-5-4-6-10(14)9-12-11/h3,9H,1,4-8H2,2H3. The fourth-order valence-corrected chi connectivity index (χ4v) is 1.12. The van der Waals surface area contributed by atoms with Crippen LogP contribution in [0.4, 0.5) is 0 Å². The number of unbranched alkanes of at least 4 members (excludes halogenated alkanes) is 1. The van der Waals surface area contributed by atoms with Gasteiger partial charge < -0.3 is 10.4 Å². The van der Waals surface area contributed by atoms with Gasteiger partial charge in [0, 0.05) is 13.0 Å². The second kappa shape index (κ2) is 8.35. The molecule has 0 aromatic heterocycles. The number of Topliss-reactive ketones (excluding diaryl/α,β-unsaturated/α-hetero) is 1. The van der Waals surface area contributed by atoms with E-state index in [1.807, 2.05) is 13.1 Å². The summed E-state index contributed by atoms with van der Waals surface area (Å²) in [5, 5.41) is 0. The zero-order chi connectivity index (χ0) is 10.8. The van der Waals surface area contributed by atoms with E-state index in [4.69, 9.17) is 5.53 Å². The number of rotatable bonds is 8. The minimum absolute atomic E-state index is 0.126. The van der Waals surface area contributed by atoms with Gasteiger partial charge in [-0.25, -0.2) is 0 Å². The third kappa shape index (κ3) is 7.40. The monoisotopic (exact) mass is 195 g/mol. The van der Waals surface area contributed by atoms with E-state index in [-0.39, 0.29) is 5.78 Å². The van der Waals surface area contributed by atoms with Gasteiger partial charge in [-0.3, -0.25) is 4.79 Å². The summed E-state index contributed by atoms with van der Waals surface area (Å²) in [6.07, 6.45) is 5.05. The highest BCUT2D eigenvalue weighted by Gasteiger charge is 2.02. The van der Waals surface area contributed by atoms with E-state index in [2.05, 4.69) is 16.3 Å². The molecular weight excluding hydrogens is 178 g/mol. The molecule has 78 valence electrons. The average Bonchev–Trinajstić information content (AvgIpc) is 2.13. The Balaban J connectivity index is 3.41. The van der Waals surface area contributed by atoms with Crippen LogP contribution in [0.1, 0.15) is 19.3 Å². The Morgan fingerprint density at radius 3 is 2.86 bits per heavy atom. The number of hydrogen-bond donors (Lipinski definition) is 0. The molecule has 0 fully saturated rings. The summed E-state index contributed by atoms with van der Waals surface area (Å²) in [6.45, 7) is 5.46. The van der Waals surface area contributed by atoms with Gasteiger partial charge in [0.25, 0.3) is 0 Å². The van der Waals surface area contributed by atoms with E-state index in [0.29, 0.717) is 6.42 Å². The van der Waals surface area contributed by atoms with Crippen molar-refractivity contribution in [3.8, 4) is 0 Å². The highest BCUT2D eigenvalue weighted by molar-refractivity contribution is 6.25. The maximum absolute atomic E-state index is 10.9. The Morgan fingerprint density at radius 2 is 2.29 bits per heavy atom. The molecule has 0 rings (SSSR count). The molecule has 0 atom stereocenters. The average molecular weight is 195 g/mol. The lowest BCUT2D eigenvalue weighted by molar-refractivity contribution is -0.116. The second-order valence-electron chi connectivity index (χ2n) is 3.22. The minimum atomic E-state index is -0.126. The summed E-state index contributed by atoms with van der Waals surface area (Å²) in [5.74, 6) is -0.126. The number of likely N-dealkylation sites (N-methyl/N-ethyl adjacent to an activating group) is 1. The van der Waals surface area contributed by atoms with E-state index in [0.717, 1.165) is 32.1 Å². The lowest BCUT2D eigenvalue weighted by Crippen LogP contribution is -2.19. The van der Waals surface area contributed by atoms with Crippen LogP contribution in [0.5, 0.6) is 0 Å². The minimum Gasteiger partial charge on any atom is -0.361 e. The third-order valence-corrected chi connectivity index (χ3v) is 1.86. The Hall–Kier alpha value is -1.25. The van der Waals surface area contributed by atoms with Crippen LogP contribution < -0.4 is 0 Å². The third-order valence-electron chi connectivity index (χ3n) is 1.86. The fraction of sp³-hybridized carbons (Fsp3) is 0.600. The molecule has 0 saturated carbocycles. The van der Waals surface area contributed by atoms with E-state index < -0.39 is 0 Å². The second-order valence-corrected chi connectivity index (χ2v) is 3.22. The lowest BCUT2D eigenvalue weighted by atomic mass is 10.2. The first kappa shape index (κ1) is 12.8. The molecule has 0 unspecified atom stereocenters. The van der Waals surface area contributed by atoms with Gasteiger partial charge in [0.2, 0.25) is 5.78 Å². The van der Waals surface area contributed by atoms with Crippen LogP contribution in [0.3, 0.4) is 0 Å². The molecule has 14 heavy (non-hydrogen) atoms. The Labute approximate surface area is 84.8 Å². The predicted octanol–water partition coefficient (Wildman–Crippen LogP) is 1.14. The van der Waals surface area contributed by atoms with Crippen molar-refractivity contribution in [2.45, 2.75) is 19.3 Å². The first-order valence-corrected chi connectivity index (χ1v) is 4.70. The van der Waals surface area contributed by atoms with Crippen LogP contribution in [0.15, 0.2) is 12.7 Å². The summed E-state index contributed by atoms with van der Waals surface area (Å²) in [4.78, 5) is 15.7. The Kier molecular flexibility index (Phi) is 7.61. The van der Waals surface area contributed by atoms with Crippen molar-refractivity contribution in [3.63, 3.8) is 0 Å². The molecule has 0 radical (unpaired) electrons. The molecule has 0 aliphatic rings. The van der Waals surface area contributed by atoms with Gasteiger partial charge >= 0.3 is 6.21 Å². The molecule has 4 heteroatoms. The van der Waals surface area contributed by atoms with Crippen molar-refractivity contribution in [2.24, 2.45) is 0 Å². The summed E-state index contributed by atoms with van der Waals surface area (Å²) >= 11 is 0. The van der Waals surface area contributed by atoms with Crippen molar-refractivity contribution >= 4 is 12.0 Å². The van der Waals surface area contributed by atoms with Crippen LogP contribution in [0, 0.1) is 0 Å². The normalized spacial score (nSPS) is 9.57. The topological polar surface area (TPSA) is 56.7 Å². The maximum atomic E-state index is 10.9. The largest absolute Gasteiger partial charge is 0.361 e. The fourth-order valence-electron chi connectivity index (χ4n) is 1.12. The SMILES string of the molecule is C=CCN(C)CCCCC(=O)C=[N+]=[N-]. The van der Waals surface area contributed by atoms with E-state index in [1.54, 1.807) is 0 Å². The van der Waals surface area contributed by atoms with Gasteiger partial charge in [-0.05, 0) is 26.4 Å². The lowest BCUT2D eigenvalue weighted by Gasteiger charge is -2.12. The van der Waals surface area contributed by atoms with Crippen molar-refractivity contribution < 1.29 is 9.58 Å². The molecule has 0 amide bonds. The van der Waals surface area contributed by atoms with E-state index in [9.17, 15) is 4.79 Å². The van der Waals surface area contributed by atoms with Crippen LogP contribution in [-0.4, -0.2) is 41.8 Å². The molecule has 0 spiro atoms. The van der Waals surface area contributed by atoms with Crippen LogP contribution >= 0.6 is 0 Å². The van der Waals surface area contributed by atoms with Crippen LogP contribution in [0.2, 0.25) is 0 Å². The van der Waals surface area contributed by atoms with Crippen molar-refractivity contribution in [1.82, 2.24) is 4.90 Å². The van der Waals surface area contributed by atoms with Crippen LogP contribution in [0.25, 0.3) is 5.53 Å². The predicted molar refractivity (Wildman–Crippen MR) is 56.2 cm³/mol. The number of hydrogen-bond acceptors (Lipinski definition) is 2. The number of nitrogens with zero attached hydrogens (tertiary/aromatic N) is 3. The zero-order valence-electron chi connectivity index (χ0n) is 8.65. The first-order chi connectivity index (χ1) is 6.70. The van der Waals surface area contributed by atoms with Gasteiger partial charge in [-0.2, -0.15) is 4.79 Å². The smallest absolute Gasteiger partial charge is 0.323 e. The zero-order valence-corrected chi connectivity index (χ0v) is 8.65. The molecule has 0 N–H and O–H groups in total. The van der Waals surface area contributed by atoms with Gasteiger partial charge in [0.15, 0.2) is 0 Å². The van der Waals surface area contributed by atoms with Crippen molar-refractivity contribution in [3.05, 3.63) is 18.2 Å². The number of carbonyl (C=O) groups is 1. The van der Waals surface area contributed by atoms with Gasteiger partial charge in [-0.15, -0.1) is 6.58 Å². The molecule has 0 saturated heterocycles. The molecular formula is C10H17N3O. The molecule has 4 nitrogen and oxygen atoms in total. The molecule has 0 heterocycles.